The fraction of sp³-hybridized carbons (Fsp3) is 0.167. The molecule has 0 radical (unpaired) electrons. The summed E-state index contributed by atoms with van der Waals surface area (Å²) in [6, 6.07) is 17.9. The Balaban J connectivity index is 1.60. The van der Waals surface area contributed by atoms with Crippen LogP contribution in [0.5, 0.6) is 5.75 Å². The van der Waals surface area contributed by atoms with Gasteiger partial charge in [-0.1, -0.05) is 36.4 Å². The molecule has 3 aromatic rings. The van der Waals surface area contributed by atoms with E-state index in [4.69, 9.17) is 4.74 Å². The molecule has 3 nitrogen and oxygen atoms in total. The standard InChI is InChI=1S/C18H15NO2S/c20-18(17-11-12-5-1-4-8-16(12)22-17)19-14-9-10-21-15-7-3-2-6-13(14)15/h1-8,11,14H,9-10H2,(H,19,20)/t14-/m1/s1. The number of thiophene rings is 1. The van der Waals surface area contributed by atoms with Gasteiger partial charge in [0.05, 0.1) is 17.5 Å². The van der Waals surface area contributed by atoms with Crippen molar-refractivity contribution in [2.45, 2.75) is 12.5 Å². The van der Waals surface area contributed by atoms with Gasteiger partial charge in [0.25, 0.3) is 5.91 Å². The molecule has 0 saturated heterocycles. The number of ether oxygens (including phenoxy) is 1. The van der Waals surface area contributed by atoms with Gasteiger partial charge >= 0.3 is 0 Å². The summed E-state index contributed by atoms with van der Waals surface area (Å²) in [7, 11) is 0. The maximum absolute atomic E-state index is 12.6. The highest BCUT2D eigenvalue weighted by atomic mass is 32.1. The molecule has 2 heterocycles. The highest BCUT2D eigenvalue weighted by Crippen LogP contribution is 2.32. The van der Waals surface area contributed by atoms with Gasteiger partial charge < -0.3 is 10.1 Å². The molecule has 2 aromatic carbocycles. The second-order valence-electron chi connectivity index (χ2n) is 5.35. The highest BCUT2D eigenvalue weighted by Gasteiger charge is 2.23. The molecule has 0 fully saturated rings. The van der Waals surface area contributed by atoms with Gasteiger partial charge in [0.2, 0.25) is 0 Å². The number of benzene rings is 2. The third-order valence-corrected chi connectivity index (χ3v) is 5.03. The Morgan fingerprint density at radius 2 is 1.95 bits per heavy atom. The van der Waals surface area contributed by atoms with Crippen LogP contribution in [0.25, 0.3) is 10.1 Å². The molecule has 4 rings (SSSR count). The van der Waals surface area contributed by atoms with Crippen LogP contribution in [0.1, 0.15) is 27.7 Å². The first-order valence-corrected chi connectivity index (χ1v) is 8.14. The predicted octanol–water partition coefficient (Wildman–Crippen LogP) is 4.15. The molecule has 0 bridgehead atoms. The maximum atomic E-state index is 12.6. The molecule has 22 heavy (non-hydrogen) atoms. The Hall–Kier alpha value is -2.33. The Morgan fingerprint density at radius 1 is 1.14 bits per heavy atom. The summed E-state index contributed by atoms with van der Waals surface area (Å²) in [5, 5.41) is 4.26. The summed E-state index contributed by atoms with van der Waals surface area (Å²) in [4.78, 5) is 13.3. The van der Waals surface area contributed by atoms with E-state index in [1.165, 1.54) is 11.3 Å². The van der Waals surface area contributed by atoms with Gasteiger partial charge in [0, 0.05) is 16.7 Å². The summed E-state index contributed by atoms with van der Waals surface area (Å²) in [5.41, 5.74) is 1.06. The molecule has 0 aliphatic carbocycles. The predicted molar refractivity (Wildman–Crippen MR) is 88.6 cm³/mol. The van der Waals surface area contributed by atoms with Crippen molar-refractivity contribution in [2.75, 3.05) is 6.61 Å². The molecule has 1 atom stereocenters. The van der Waals surface area contributed by atoms with Crippen LogP contribution in [-0.4, -0.2) is 12.5 Å². The number of nitrogens with one attached hydrogen (secondary N) is 1. The minimum Gasteiger partial charge on any atom is -0.493 e. The quantitative estimate of drug-likeness (QED) is 0.772. The van der Waals surface area contributed by atoms with E-state index >= 15 is 0 Å². The van der Waals surface area contributed by atoms with Gasteiger partial charge in [-0.3, -0.25) is 4.79 Å². The van der Waals surface area contributed by atoms with E-state index in [1.807, 2.05) is 54.6 Å². The smallest absolute Gasteiger partial charge is 0.261 e. The topological polar surface area (TPSA) is 38.3 Å². The molecular formula is C18H15NO2S. The van der Waals surface area contributed by atoms with Crippen molar-refractivity contribution in [1.82, 2.24) is 5.32 Å². The van der Waals surface area contributed by atoms with Crippen molar-refractivity contribution >= 4 is 27.3 Å². The molecule has 0 spiro atoms. The van der Waals surface area contributed by atoms with E-state index in [9.17, 15) is 4.79 Å². The molecule has 110 valence electrons. The lowest BCUT2D eigenvalue weighted by Gasteiger charge is -2.26. The van der Waals surface area contributed by atoms with Crippen LogP contribution in [0.2, 0.25) is 0 Å². The van der Waals surface area contributed by atoms with Crippen LogP contribution in [0.15, 0.2) is 54.6 Å². The van der Waals surface area contributed by atoms with Crippen molar-refractivity contribution in [3.63, 3.8) is 0 Å². The molecule has 1 aromatic heterocycles. The fourth-order valence-corrected chi connectivity index (χ4v) is 3.78. The van der Waals surface area contributed by atoms with Gasteiger partial charge in [0.15, 0.2) is 0 Å². The average molecular weight is 309 g/mol. The van der Waals surface area contributed by atoms with Gasteiger partial charge in [-0.15, -0.1) is 11.3 Å². The summed E-state index contributed by atoms with van der Waals surface area (Å²) in [6.45, 7) is 0.633. The number of hydrogen-bond acceptors (Lipinski definition) is 3. The molecule has 1 amide bonds. The Bertz CT molecular complexity index is 807. The fourth-order valence-electron chi connectivity index (χ4n) is 2.82. The second kappa shape index (κ2) is 5.46. The molecule has 1 aliphatic heterocycles. The van der Waals surface area contributed by atoms with Gasteiger partial charge in [-0.2, -0.15) is 0 Å². The first-order valence-electron chi connectivity index (χ1n) is 7.32. The van der Waals surface area contributed by atoms with E-state index in [2.05, 4.69) is 5.32 Å². The first-order chi connectivity index (χ1) is 10.8. The number of para-hydroxylation sites is 1. The van der Waals surface area contributed by atoms with Crippen LogP contribution in [0.4, 0.5) is 0 Å². The Kier molecular flexibility index (Phi) is 3.31. The van der Waals surface area contributed by atoms with E-state index in [0.29, 0.717) is 6.61 Å². The van der Waals surface area contributed by atoms with Gasteiger partial charge in [0.1, 0.15) is 5.75 Å². The van der Waals surface area contributed by atoms with Crippen LogP contribution in [-0.2, 0) is 0 Å². The lowest BCUT2D eigenvalue weighted by molar-refractivity contribution is 0.0929. The van der Waals surface area contributed by atoms with E-state index in [0.717, 1.165) is 32.7 Å². The zero-order valence-corrected chi connectivity index (χ0v) is 12.7. The third-order valence-electron chi connectivity index (χ3n) is 3.91. The number of rotatable bonds is 2. The maximum Gasteiger partial charge on any atom is 0.261 e. The first kappa shape index (κ1) is 13.3. The third kappa shape index (κ3) is 2.35. The van der Waals surface area contributed by atoms with Crippen molar-refractivity contribution in [3.8, 4) is 5.75 Å². The van der Waals surface area contributed by atoms with E-state index in [1.54, 1.807) is 0 Å². The lowest BCUT2D eigenvalue weighted by Crippen LogP contribution is -2.31. The summed E-state index contributed by atoms with van der Waals surface area (Å²) in [5.74, 6) is 0.860. The number of amides is 1. The molecule has 0 unspecified atom stereocenters. The minimum absolute atomic E-state index is 0.0112. The number of carbonyl (C=O) groups is 1. The molecular weight excluding hydrogens is 294 g/mol. The SMILES string of the molecule is O=C(N[C@@H]1CCOc2ccccc21)c1cc2ccccc2s1. The molecule has 4 heteroatoms. The molecule has 1 aliphatic rings. The number of carbonyl (C=O) groups excluding carboxylic acids is 1. The summed E-state index contributed by atoms with van der Waals surface area (Å²) < 4.78 is 6.78. The number of fused-ring (bicyclic) bond motifs is 2. The molecule has 0 saturated carbocycles. The lowest BCUT2D eigenvalue weighted by atomic mass is 10.0. The van der Waals surface area contributed by atoms with Gasteiger partial charge in [-0.05, 0) is 23.6 Å². The van der Waals surface area contributed by atoms with E-state index in [-0.39, 0.29) is 11.9 Å². The zero-order chi connectivity index (χ0) is 14.9. The van der Waals surface area contributed by atoms with Crippen molar-refractivity contribution in [3.05, 3.63) is 65.0 Å². The van der Waals surface area contributed by atoms with Crippen molar-refractivity contribution < 1.29 is 9.53 Å². The Labute approximate surface area is 132 Å². The van der Waals surface area contributed by atoms with Crippen LogP contribution < -0.4 is 10.1 Å². The Morgan fingerprint density at radius 3 is 2.86 bits per heavy atom. The second-order valence-corrected chi connectivity index (χ2v) is 6.43. The van der Waals surface area contributed by atoms with Gasteiger partial charge in [-0.25, -0.2) is 0 Å². The number of hydrogen-bond donors (Lipinski definition) is 1. The molecule has 1 N–H and O–H groups in total. The highest BCUT2D eigenvalue weighted by molar-refractivity contribution is 7.20. The van der Waals surface area contributed by atoms with Crippen LogP contribution in [0.3, 0.4) is 0 Å². The average Bonchev–Trinajstić information content (AvgIpc) is 2.99. The van der Waals surface area contributed by atoms with Crippen LogP contribution >= 0.6 is 11.3 Å². The zero-order valence-electron chi connectivity index (χ0n) is 11.9. The normalized spacial score (nSPS) is 16.8. The monoisotopic (exact) mass is 309 g/mol. The van der Waals surface area contributed by atoms with Crippen LogP contribution in [0, 0.1) is 0 Å². The summed E-state index contributed by atoms with van der Waals surface area (Å²) in [6.07, 6.45) is 0.799. The largest absolute Gasteiger partial charge is 0.493 e. The van der Waals surface area contributed by atoms with Crippen molar-refractivity contribution in [1.29, 1.82) is 0 Å². The van der Waals surface area contributed by atoms with E-state index < -0.39 is 0 Å². The summed E-state index contributed by atoms with van der Waals surface area (Å²) >= 11 is 1.53. The minimum atomic E-state index is -0.0112. The van der Waals surface area contributed by atoms with Crippen molar-refractivity contribution in [2.24, 2.45) is 0 Å².